The van der Waals surface area contributed by atoms with E-state index >= 15 is 0 Å². The summed E-state index contributed by atoms with van der Waals surface area (Å²) in [5, 5.41) is 8.14. The van der Waals surface area contributed by atoms with Crippen molar-refractivity contribution in [1.82, 2.24) is 19.6 Å². The van der Waals surface area contributed by atoms with E-state index in [0.29, 0.717) is 11.6 Å². The normalized spacial score (nSPS) is 11.1. The molecule has 0 aliphatic carbocycles. The van der Waals surface area contributed by atoms with Crippen LogP contribution in [0.25, 0.3) is 17.2 Å². The van der Waals surface area contributed by atoms with Crippen LogP contribution >= 0.6 is 0 Å². The number of aromatic nitrogens is 4. The Morgan fingerprint density at radius 3 is 2.15 bits per heavy atom. The molecule has 0 spiro atoms. The van der Waals surface area contributed by atoms with Gasteiger partial charge in [-0.3, -0.25) is 0 Å². The van der Waals surface area contributed by atoms with Crippen LogP contribution in [0.2, 0.25) is 0 Å². The Morgan fingerprint density at radius 2 is 1.46 bits per heavy atom. The Labute approximate surface area is 152 Å². The smallest absolute Gasteiger partial charge is 0.254 e. The van der Waals surface area contributed by atoms with Crippen molar-refractivity contribution in [2.24, 2.45) is 0 Å². The highest BCUT2D eigenvalue weighted by molar-refractivity contribution is 5.63. The van der Waals surface area contributed by atoms with Gasteiger partial charge in [0.25, 0.3) is 5.78 Å². The molecular formula is C21H21N5. The van der Waals surface area contributed by atoms with Crippen LogP contribution in [0, 0.1) is 27.7 Å². The molecule has 5 nitrogen and oxygen atoms in total. The number of rotatable bonds is 3. The van der Waals surface area contributed by atoms with Crippen LogP contribution in [-0.2, 0) is 0 Å². The summed E-state index contributed by atoms with van der Waals surface area (Å²) >= 11 is 0. The molecule has 1 N–H and O–H groups in total. The lowest BCUT2D eigenvalue weighted by Gasteiger charge is -2.10. The predicted octanol–water partition coefficient (Wildman–Crippen LogP) is 4.77. The quantitative estimate of drug-likeness (QED) is 0.582. The molecule has 0 aliphatic heterocycles. The van der Waals surface area contributed by atoms with Crippen molar-refractivity contribution >= 4 is 17.3 Å². The maximum absolute atomic E-state index is 4.68. The van der Waals surface area contributed by atoms with Crippen molar-refractivity contribution in [3.63, 3.8) is 0 Å². The van der Waals surface area contributed by atoms with Crippen molar-refractivity contribution in [3.05, 3.63) is 70.9 Å². The molecule has 0 saturated carbocycles. The van der Waals surface area contributed by atoms with Crippen molar-refractivity contribution in [1.29, 1.82) is 0 Å². The van der Waals surface area contributed by atoms with E-state index in [4.69, 9.17) is 0 Å². The van der Waals surface area contributed by atoms with Gasteiger partial charge in [-0.1, -0.05) is 35.9 Å². The van der Waals surface area contributed by atoms with E-state index in [9.17, 15) is 0 Å². The zero-order chi connectivity index (χ0) is 18.3. The lowest BCUT2D eigenvalue weighted by atomic mass is 10.1. The van der Waals surface area contributed by atoms with Crippen LogP contribution < -0.4 is 5.32 Å². The van der Waals surface area contributed by atoms with Crippen molar-refractivity contribution < 1.29 is 0 Å². The summed E-state index contributed by atoms with van der Waals surface area (Å²) in [5.41, 5.74) is 6.55. The number of fused-ring (bicyclic) bond motifs is 1. The Bertz CT molecular complexity index is 1070. The predicted molar refractivity (Wildman–Crippen MR) is 105 cm³/mol. The Hall–Kier alpha value is -3.21. The second-order valence-corrected chi connectivity index (χ2v) is 6.80. The van der Waals surface area contributed by atoms with E-state index in [1.165, 1.54) is 16.7 Å². The highest BCUT2D eigenvalue weighted by Gasteiger charge is 2.12. The molecule has 0 atom stereocenters. The van der Waals surface area contributed by atoms with Crippen LogP contribution in [0.5, 0.6) is 0 Å². The third-order valence-electron chi connectivity index (χ3n) is 4.24. The first-order chi connectivity index (χ1) is 12.5. The number of benzene rings is 2. The molecule has 2 aromatic heterocycles. The Balaban J connectivity index is 1.80. The number of nitrogens with one attached hydrogen (secondary N) is 1. The average Bonchev–Trinajstić information content (AvgIpc) is 2.98. The highest BCUT2D eigenvalue weighted by Crippen LogP contribution is 2.23. The molecule has 2 aromatic carbocycles. The molecule has 0 unspecified atom stereocenters. The molecule has 2 heterocycles. The van der Waals surface area contributed by atoms with Gasteiger partial charge in [0, 0.05) is 23.0 Å². The van der Waals surface area contributed by atoms with E-state index in [1.54, 1.807) is 4.52 Å². The first-order valence-electron chi connectivity index (χ1n) is 8.65. The summed E-state index contributed by atoms with van der Waals surface area (Å²) in [7, 11) is 0. The van der Waals surface area contributed by atoms with Crippen molar-refractivity contribution in [2.45, 2.75) is 27.7 Å². The number of aryl methyl sites for hydroxylation is 4. The molecule has 26 heavy (non-hydrogen) atoms. The summed E-state index contributed by atoms with van der Waals surface area (Å²) in [6.45, 7) is 8.22. The lowest BCUT2D eigenvalue weighted by molar-refractivity contribution is 0.940. The summed E-state index contributed by atoms with van der Waals surface area (Å²) in [6, 6.07) is 16.6. The van der Waals surface area contributed by atoms with E-state index < -0.39 is 0 Å². The monoisotopic (exact) mass is 343 g/mol. The van der Waals surface area contributed by atoms with Gasteiger partial charge in [-0.2, -0.15) is 9.50 Å². The molecule has 4 rings (SSSR count). The fourth-order valence-corrected chi connectivity index (χ4v) is 3.10. The van der Waals surface area contributed by atoms with Crippen LogP contribution in [0.3, 0.4) is 0 Å². The van der Waals surface area contributed by atoms with Gasteiger partial charge in [0.1, 0.15) is 5.82 Å². The maximum atomic E-state index is 4.68. The van der Waals surface area contributed by atoms with Gasteiger partial charge in [-0.05, 0) is 51.0 Å². The maximum Gasteiger partial charge on any atom is 0.254 e. The van der Waals surface area contributed by atoms with Gasteiger partial charge in [-0.15, -0.1) is 5.10 Å². The van der Waals surface area contributed by atoms with Crippen LogP contribution in [0.1, 0.15) is 22.4 Å². The van der Waals surface area contributed by atoms with Gasteiger partial charge in [0.2, 0.25) is 0 Å². The molecule has 0 fully saturated rings. The number of nitrogens with zero attached hydrogens (tertiary/aromatic N) is 4. The molecule has 130 valence electrons. The van der Waals surface area contributed by atoms with E-state index in [0.717, 1.165) is 22.8 Å². The Morgan fingerprint density at radius 1 is 0.769 bits per heavy atom. The third kappa shape index (κ3) is 3.16. The van der Waals surface area contributed by atoms with E-state index in [-0.39, 0.29) is 0 Å². The second kappa shape index (κ2) is 6.26. The van der Waals surface area contributed by atoms with Gasteiger partial charge >= 0.3 is 0 Å². The van der Waals surface area contributed by atoms with Crippen molar-refractivity contribution in [2.75, 3.05) is 5.32 Å². The van der Waals surface area contributed by atoms with E-state index in [1.807, 2.05) is 25.1 Å². The average molecular weight is 343 g/mol. The molecule has 0 saturated heterocycles. The molecule has 0 amide bonds. The highest BCUT2D eigenvalue weighted by atomic mass is 15.4. The standard InChI is InChI=1S/C21H21N5/c1-13-5-7-17(8-6-13)20-24-21-22-16(4)12-19(26(21)25-20)23-18-10-14(2)9-15(3)11-18/h5-12,23H,1-4H3. The number of anilines is 2. The van der Waals surface area contributed by atoms with Crippen LogP contribution in [0.15, 0.2) is 48.5 Å². The SMILES string of the molecule is Cc1ccc(-c2nc3nc(C)cc(Nc4cc(C)cc(C)c4)n3n2)cc1. The summed E-state index contributed by atoms with van der Waals surface area (Å²) in [5.74, 6) is 2.11. The van der Waals surface area contributed by atoms with Crippen LogP contribution in [0.4, 0.5) is 11.5 Å². The molecule has 4 aromatic rings. The minimum Gasteiger partial charge on any atom is -0.340 e. The first kappa shape index (κ1) is 16.3. The molecule has 0 bridgehead atoms. The number of hydrogen-bond acceptors (Lipinski definition) is 4. The minimum absolute atomic E-state index is 0.590. The topological polar surface area (TPSA) is 55.1 Å². The zero-order valence-electron chi connectivity index (χ0n) is 15.4. The van der Waals surface area contributed by atoms with Gasteiger partial charge in [-0.25, -0.2) is 4.98 Å². The lowest BCUT2D eigenvalue weighted by Crippen LogP contribution is -2.03. The minimum atomic E-state index is 0.590. The van der Waals surface area contributed by atoms with Crippen LogP contribution in [-0.4, -0.2) is 19.6 Å². The summed E-state index contributed by atoms with van der Waals surface area (Å²) < 4.78 is 1.76. The fourth-order valence-electron chi connectivity index (χ4n) is 3.10. The number of hydrogen-bond donors (Lipinski definition) is 1. The molecule has 0 radical (unpaired) electrons. The van der Waals surface area contributed by atoms with Gasteiger partial charge in [0.05, 0.1) is 0 Å². The van der Waals surface area contributed by atoms with Gasteiger partial charge < -0.3 is 5.32 Å². The van der Waals surface area contributed by atoms with E-state index in [2.05, 4.69) is 71.5 Å². The van der Waals surface area contributed by atoms with Crippen molar-refractivity contribution in [3.8, 4) is 11.4 Å². The Kier molecular flexibility index (Phi) is 3.92. The first-order valence-corrected chi connectivity index (χ1v) is 8.65. The summed E-state index contributed by atoms with van der Waals surface area (Å²) in [4.78, 5) is 9.14. The van der Waals surface area contributed by atoms with Gasteiger partial charge in [0.15, 0.2) is 5.82 Å². The molecule has 5 heteroatoms. The molecule has 0 aliphatic rings. The summed E-state index contributed by atoms with van der Waals surface area (Å²) in [6.07, 6.45) is 0. The largest absolute Gasteiger partial charge is 0.340 e. The third-order valence-corrected chi connectivity index (χ3v) is 4.24. The zero-order valence-corrected chi connectivity index (χ0v) is 15.4. The second-order valence-electron chi connectivity index (χ2n) is 6.80. The fraction of sp³-hybridized carbons (Fsp3) is 0.190. The molecular weight excluding hydrogens is 322 g/mol.